The quantitative estimate of drug-likeness (QED) is 0.164. The fourth-order valence-corrected chi connectivity index (χ4v) is 8.15. The summed E-state index contributed by atoms with van der Waals surface area (Å²) in [6.07, 6.45) is 7.59. The number of amides is 1. The van der Waals surface area contributed by atoms with E-state index in [0.717, 1.165) is 60.8 Å². The van der Waals surface area contributed by atoms with Crippen molar-refractivity contribution in [3.05, 3.63) is 107 Å². The van der Waals surface area contributed by atoms with Crippen molar-refractivity contribution in [2.24, 2.45) is 5.41 Å². The maximum Gasteiger partial charge on any atom is 0.410 e. The summed E-state index contributed by atoms with van der Waals surface area (Å²) >= 11 is 0. The summed E-state index contributed by atoms with van der Waals surface area (Å²) in [5.74, 6) is 0.0130. The average molecular weight is 622 g/mol. The standard InChI is InChI=1S/C40H47NO5/c1-28-9-7-21-39(2)36(20-22-40(39)27-41(38(44)46-40)23-8-24-45-3)34-19-13-29(25-33(42)18-12-28)26-35(34)37(43)32-16-14-31(15-17-32)30-10-5-4-6-11-30/h4-6,9-11,13-17,19,26,33,36,42H,7-8,12,18,20-25,27H2,1-3H3. The number of nitrogens with zero attached hydrogens (tertiary/aromatic N) is 1. The fraction of sp³-hybridized carbons (Fsp3) is 0.450. The van der Waals surface area contributed by atoms with Gasteiger partial charge in [0, 0.05) is 36.8 Å². The Bertz CT molecular complexity index is 1580. The lowest BCUT2D eigenvalue weighted by Gasteiger charge is -2.43. The van der Waals surface area contributed by atoms with Gasteiger partial charge in [-0.2, -0.15) is 0 Å². The number of ether oxygens (including phenoxy) is 2. The minimum atomic E-state index is -0.632. The number of hydrogen-bond donors (Lipinski definition) is 1. The van der Waals surface area contributed by atoms with Gasteiger partial charge in [-0.3, -0.25) is 4.79 Å². The Morgan fingerprint density at radius 3 is 2.54 bits per heavy atom. The van der Waals surface area contributed by atoms with Crippen molar-refractivity contribution in [2.45, 2.75) is 82.8 Å². The molecule has 3 aromatic rings. The molecule has 1 amide bonds. The topological polar surface area (TPSA) is 76.1 Å². The van der Waals surface area contributed by atoms with Gasteiger partial charge in [0.05, 0.1) is 12.6 Å². The van der Waals surface area contributed by atoms with Crippen LogP contribution in [0.2, 0.25) is 0 Å². The number of allylic oxidation sites excluding steroid dienone is 2. The number of fused-ring (bicyclic) bond motifs is 8. The molecule has 46 heavy (non-hydrogen) atoms. The van der Waals surface area contributed by atoms with Gasteiger partial charge in [-0.15, -0.1) is 0 Å². The molecule has 3 aliphatic carbocycles. The zero-order valence-corrected chi connectivity index (χ0v) is 27.5. The van der Waals surface area contributed by atoms with Crippen molar-refractivity contribution >= 4 is 11.9 Å². The molecule has 4 aliphatic rings. The lowest BCUT2D eigenvalue weighted by atomic mass is 9.64. The van der Waals surface area contributed by atoms with E-state index < -0.39 is 11.7 Å². The second kappa shape index (κ2) is 13.5. The largest absolute Gasteiger partial charge is 0.440 e. The van der Waals surface area contributed by atoms with Gasteiger partial charge >= 0.3 is 6.09 Å². The van der Waals surface area contributed by atoms with Gasteiger partial charge in [0.1, 0.15) is 5.60 Å². The highest BCUT2D eigenvalue weighted by molar-refractivity contribution is 6.10. The lowest BCUT2D eigenvalue weighted by Crippen LogP contribution is -2.48. The van der Waals surface area contributed by atoms with Gasteiger partial charge in [0.15, 0.2) is 5.78 Å². The third-order valence-electron chi connectivity index (χ3n) is 10.9. The van der Waals surface area contributed by atoms with Crippen LogP contribution in [-0.4, -0.2) is 60.4 Å². The van der Waals surface area contributed by atoms with Crippen LogP contribution >= 0.6 is 0 Å². The molecule has 1 aliphatic heterocycles. The summed E-state index contributed by atoms with van der Waals surface area (Å²) in [5.41, 5.74) is 5.75. The molecule has 1 saturated heterocycles. The fourth-order valence-electron chi connectivity index (χ4n) is 8.15. The Hall–Kier alpha value is -3.74. The van der Waals surface area contributed by atoms with Gasteiger partial charge < -0.3 is 19.5 Å². The normalized spacial score (nSPS) is 26.5. The average Bonchev–Trinajstić information content (AvgIpc) is 3.54. The number of ketones is 1. The van der Waals surface area contributed by atoms with Gasteiger partial charge in [0.25, 0.3) is 0 Å². The number of methoxy groups -OCH3 is 1. The molecule has 6 nitrogen and oxygen atoms in total. The van der Waals surface area contributed by atoms with Crippen LogP contribution < -0.4 is 0 Å². The van der Waals surface area contributed by atoms with E-state index in [-0.39, 0.29) is 23.2 Å². The number of carbonyl (C=O) groups is 2. The number of aliphatic hydroxyl groups is 1. The predicted molar refractivity (Wildman–Crippen MR) is 181 cm³/mol. The van der Waals surface area contributed by atoms with E-state index in [4.69, 9.17) is 9.47 Å². The SMILES string of the molecule is COCCCN1CC2(CCC3c4ccc(cc4C(=O)c4ccc(-c5ccccc5)cc4)CC(O)CCC(C)=CCCC32C)OC1=O. The second-order valence-corrected chi connectivity index (χ2v) is 13.8. The van der Waals surface area contributed by atoms with Crippen molar-refractivity contribution in [1.82, 2.24) is 4.90 Å². The summed E-state index contributed by atoms with van der Waals surface area (Å²) in [6.45, 7) is 6.18. The first-order valence-corrected chi connectivity index (χ1v) is 16.9. The molecular formula is C40H47NO5. The Labute approximate surface area is 273 Å². The molecule has 0 radical (unpaired) electrons. The van der Waals surface area contributed by atoms with Gasteiger partial charge in [-0.05, 0) is 92.5 Å². The van der Waals surface area contributed by atoms with E-state index in [0.29, 0.717) is 43.7 Å². The molecule has 4 atom stereocenters. The lowest BCUT2D eigenvalue weighted by molar-refractivity contribution is -0.0373. The van der Waals surface area contributed by atoms with E-state index in [1.807, 2.05) is 53.4 Å². The van der Waals surface area contributed by atoms with Crippen LogP contribution in [0.15, 0.2) is 84.4 Å². The summed E-state index contributed by atoms with van der Waals surface area (Å²) < 4.78 is 11.7. The number of benzene rings is 3. The Morgan fingerprint density at radius 1 is 1.02 bits per heavy atom. The Morgan fingerprint density at radius 2 is 1.78 bits per heavy atom. The number of carbonyl (C=O) groups excluding carboxylic acids is 2. The van der Waals surface area contributed by atoms with Crippen LogP contribution in [0.25, 0.3) is 11.1 Å². The maximum atomic E-state index is 14.4. The molecule has 0 aromatic heterocycles. The van der Waals surface area contributed by atoms with Crippen molar-refractivity contribution in [2.75, 3.05) is 26.8 Å². The molecule has 242 valence electrons. The maximum absolute atomic E-state index is 14.4. The van der Waals surface area contributed by atoms with Crippen LogP contribution in [-0.2, 0) is 15.9 Å². The second-order valence-electron chi connectivity index (χ2n) is 13.8. The zero-order chi connectivity index (χ0) is 32.3. The van der Waals surface area contributed by atoms with Crippen molar-refractivity contribution < 1.29 is 24.2 Å². The van der Waals surface area contributed by atoms with Crippen LogP contribution in [0.1, 0.15) is 91.8 Å². The molecule has 2 fully saturated rings. The van der Waals surface area contributed by atoms with Crippen LogP contribution in [0.3, 0.4) is 0 Å². The Balaban J connectivity index is 1.40. The molecule has 4 unspecified atom stereocenters. The first-order valence-electron chi connectivity index (χ1n) is 16.9. The van der Waals surface area contributed by atoms with E-state index >= 15 is 0 Å². The van der Waals surface area contributed by atoms with Crippen molar-refractivity contribution in [1.29, 1.82) is 0 Å². The molecular weight excluding hydrogens is 574 g/mol. The molecule has 2 bridgehead atoms. The summed E-state index contributed by atoms with van der Waals surface area (Å²) in [5, 5.41) is 10.9. The van der Waals surface area contributed by atoms with Crippen LogP contribution in [0.5, 0.6) is 0 Å². The van der Waals surface area contributed by atoms with Crippen LogP contribution in [0.4, 0.5) is 4.79 Å². The number of rotatable bonds is 7. The first-order chi connectivity index (χ1) is 22.2. The summed E-state index contributed by atoms with van der Waals surface area (Å²) in [6, 6.07) is 24.3. The summed E-state index contributed by atoms with van der Waals surface area (Å²) in [7, 11) is 1.68. The molecule has 1 heterocycles. The summed E-state index contributed by atoms with van der Waals surface area (Å²) in [4.78, 5) is 29.6. The minimum Gasteiger partial charge on any atom is -0.440 e. The highest BCUT2D eigenvalue weighted by Crippen LogP contribution is 2.61. The van der Waals surface area contributed by atoms with Gasteiger partial charge in [-0.25, -0.2) is 4.79 Å². The third-order valence-corrected chi connectivity index (χ3v) is 10.9. The third kappa shape index (κ3) is 6.30. The smallest absolute Gasteiger partial charge is 0.410 e. The number of aliphatic hydroxyl groups excluding tert-OH is 1. The van der Waals surface area contributed by atoms with Crippen molar-refractivity contribution in [3.63, 3.8) is 0 Å². The van der Waals surface area contributed by atoms with E-state index in [9.17, 15) is 14.7 Å². The Kier molecular flexibility index (Phi) is 9.49. The zero-order valence-electron chi connectivity index (χ0n) is 27.5. The van der Waals surface area contributed by atoms with Gasteiger partial charge in [0.2, 0.25) is 0 Å². The van der Waals surface area contributed by atoms with Crippen molar-refractivity contribution in [3.8, 4) is 11.1 Å². The first kappa shape index (κ1) is 32.2. The molecule has 1 saturated carbocycles. The highest BCUT2D eigenvalue weighted by Gasteiger charge is 2.63. The van der Waals surface area contributed by atoms with Gasteiger partial charge in [-0.1, -0.05) is 85.3 Å². The molecule has 3 aromatic carbocycles. The predicted octanol–water partition coefficient (Wildman–Crippen LogP) is 8.12. The molecule has 6 heteroatoms. The minimum absolute atomic E-state index is 0.0123. The van der Waals surface area contributed by atoms with Crippen LogP contribution in [0, 0.1) is 5.41 Å². The molecule has 1 N–H and O–H groups in total. The number of hydrogen-bond acceptors (Lipinski definition) is 5. The highest BCUT2D eigenvalue weighted by atomic mass is 16.6. The van der Waals surface area contributed by atoms with E-state index in [2.05, 4.69) is 44.2 Å². The van der Waals surface area contributed by atoms with E-state index in [1.54, 1.807) is 7.11 Å². The van der Waals surface area contributed by atoms with E-state index in [1.165, 1.54) is 5.57 Å². The molecule has 7 rings (SSSR count). The molecule has 1 spiro atoms. The monoisotopic (exact) mass is 621 g/mol.